The SMILES string of the molecule is CNC(N)c1cccc(CC(C(C)=O)C(C)NC(=O)C#Cc2ccccc2)c1. The Morgan fingerprint density at radius 3 is 2.46 bits per heavy atom. The van der Waals surface area contributed by atoms with E-state index < -0.39 is 5.91 Å². The first-order valence-electron chi connectivity index (χ1n) is 9.30. The number of Topliss-reactive ketones (excluding diaryl/α,β-unsaturated/α-hetero) is 1. The Labute approximate surface area is 166 Å². The Balaban J connectivity index is 2.06. The van der Waals surface area contributed by atoms with Gasteiger partial charge in [-0.25, -0.2) is 0 Å². The van der Waals surface area contributed by atoms with E-state index >= 15 is 0 Å². The average molecular weight is 377 g/mol. The molecule has 5 nitrogen and oxygen atoms in total. The first kappa shape index (κ1) is 21.4. The zero-order valence-electron chi connectivity index (χ0n) is 16.5. The molecule has 0 saturated heterocycles. The van der Waals surface area contributed by atoms with Crippen LogP contribution >= 0.6 is 0 Å². The Morgan fingerprint density at radius 1 is 1.11 bits per heavy atom. The van der Waals surface area contributed by atoms with Crippen molar-refractivity contribution in [2.24, 2.45) is 11.7 Å². The molecule has 5 heteroatoms. The van der Waals surface area contributed by atoms with Crippen LogP contribution < -0.4 is 16.4 Å². The summed E-state index contributed by atoms with van der Waals surface area (Å²) in [7, 11) is 1.80. The summed E-state index contributed by atoms with van der Waals surface area (Å²) in [5.41, 5.74) is 8.73. The van der Waals surface area contributed by atoms with Crippen LogP contribution in [0.2, 0.25) is 0 Å². The highest BCUT2D eigenvalue weighted by Gasteiger charge is 2.23. The van der Waals surface area contributed by atoms with Gasteiger partial charge >= 0.3 is 0 Å². The van der Waals surface area contributed by atoms with Gasteiger partial charge in [-0.3, -0.25) is 9.59 Å². The molecule has 3 unspecified atom stereocenters. The molecule has 4 N–H and O–H groups in total. The summed E-state index contributed by atoms with van der Waals surface area (Å²) in [5.74, 6) is 4.69. The number of rotatable bonds is 7. The standard InChI is InChI=1S/C23H27N3O2/c1-16(26-22(28)13-12-18-8-5-4-6-9-18)21(17(2)27)15-19-10-7-11-20(14-19)23(24)25-3/h4-11,14,16,21,23,25H,15,24H2,1-3H3,(H,26,28). The fraction of sp³-hybridized carbons (Fsp3) is 0.304. The van der Waals surface area contributed by atoms with Crippen LogP contribution in [-0.2, 0) is 16.0 Å². The molecule has 0 aliphatic carbocycles. The lowest BCUT2D eigenvalue weighted by atomic mass is 9.89. The van der Waals surface area contributed by atoms with Crippen molar-refractivity contribution < 1.29 is 9.59 Å². The van der Waals surface area contributed by atoms with E-state index in [-0.39, 0.29) is 23.9 Å². The molecule has 146 valence electrons. The highest BCUT2D eigenvalue weighted by molar-refractivity contribution is 5.94. The highest BCUT2D eigenvalue weighted by Crippen LogP contribution is 2.17. The van der Waals surface area contributed by atoms with Gasteiger partial charge in [0.15, 0.2) is 0 Å². The second kappa shape index (κ2) is 10.4. The molecular formula is C23H27N3O2. The van der Waals surface area contributed by atoms with E-state index in [4.69, 9.17) is 5.73 Å². The van der Waals surface area contributed by atoms with Crippen LogP contribution in [0.15, 0.2) is 54.6 Å². The number of hydrogen-bond donors (Lipinski definition) is 3. The quantitative estimate of drug-likeness (QED) is 0.510. The molecular weight excluding hydrogens is 350 g/mol. The topological polar surface area (TPSA) is 84.2 Å². The van der Waals surface area contributed by atoms with E-state index in [9.17, 15) is 9.59 Å². The minimum atomic E-state index is -0.395. The Bertz CT molecular complexity index is 868. The van der Waals surface area contributed by atoms with E-state index in [1.165, 1.54) is 0 Å². The third-order valence-electron chi connectivity index (χ3n) is 4.66. The first-order chi connectivity index (χ1) is 13.4. The van der Waals surface area contributed by atoms with Gasteiger partial charge in [-0.15, -0.1) is 0 Å². The molecule has 0 spiro atoms. The second-order valence-electron chi connectivity index (χ2n) is 6.81. The van der Waals surface area contributed by atoms with Crippen LogP contribution in [0.4, 0.5) is 0 Å². The fourth-order valence-corrected chi connectivity index (χ4v) is 3.00. The van der Waals surface area contributed by atoms with Crippen LogP contribution in [0.1, 0.15) is 36.7 Å². The molecule has 1 amide bonds. The van der Waals surface area contributed by atoms with Crippen LogP contribution in [0.5, 0.6) is 0 Å². The number of benzene rings is 2. The van der Waals surface area contributed by atoms with E-state index in [1.807, 2.05) is 61.5 Å². The summed E-state index contributed by atoms with van der Waals surface area (Å²) in [5, 5.41) is 5.83. The van der Waals surface area contributed by atoms with Gasteiger partial charge in [0.25, 0.3) is 5.91 Å². The van der Waals surface area contributed by atoms with Crippen LogP contribution in [0.25, 0.3) is 0 Å². The summed E-state index contributed by atoms with van der Waals surface area (Å²) in [6.07, 6.45) is 0.258. The summed E-state index contributed by atoms with van der Waals surface area (Å²) in [6, 6.07) is 16.8. The molecule has 0 radical (unpaired) electrons. The largest absolute Gasteiger partial charge is 0.342 e. The average Bonchev–Trinajstić information content (AvgIpc) is 2.70. The number of carbonyl (C=O) groups is 2. The number of hydrogen-bond acceptors (Lipinski definition) is 4. The van der Waals surface area contributed by atoms with E-state index in [2.05, 4.69) is 22.5 Å². The van der Waals surface area contributed by atoms with Gasteiger partial charge in [0.1, 0.15) is 5.78 Å². The van der Waals surface area contributed by atoms with Gasteiger partial charge in [-0.1, -0.05) is 48.4 Å². The van der Waals surface area contributed by atoms with E-state index in [1.54, 1.807) is 14.0 Å². The van der Waals surface area contributed by atoms with Gasteiger partial charge in [-0.05, 0) is 50.6 Å². The number of nitrogens with two attached hydrogens (primary N) is 1. The van der Waals surface area contributed by atoms with Gasteiger partial charge in [0.05, 0.1) is 6.17 Å². The van der Waals surface area contributed by atoms with Crippen LogP contribution in [-0.4, -0.2) is 24.8 Å². The summed E-state index contributed by atoms with van der Waals surface area (Å²) in [4.78, 5) is 24.4. The molecule has 3 atom stereocenters. The smallest absolute Gasteiger partial charge is 0.296 e. The predicted molar refractivity (Wildman–Crippen MR) is 111 cm³/mol. The summed E-state index contributed by atoms with van der Waals surface area (Å²) < 4.78 is 0. The molecule has 28 heavy (non-hydrogen) atoms. The molecule has 2 aromatic carbocycles. The number of carbonyl (C=O) groups excluding carboxylic acids is 2. The third-order valence-corrected chi connectivity index (χ3v) is 4.66. The zero-order chi connectivity index (χ0) is 20.5. The monoisotopic (exact) mass is 377 g/mol. The van der Waals surface area contributed by atoms with E-state index in [0.29, 0.717) is 6.42 Å². The maximum Gasteiger partial charge on any atom is 0.296 e. The Morgan fingerprint density at radius 2 is 1.82 bits per heavy atom. The van der Waals surface area contributed by atoms with Gasteiger partial charge < -0.3 is 16.4 Å². The van der Waals surface area contributed by atoms with Gasteiger partial charge in [0.2, 0.25) is 0 Å². The molecule has 0 aromatic heterocycles. The molecule has 0 fully saturated rings. The zero-order valence-corrected chi connectivity index (χ0v) is 16.5. The third kappa shape index (κ3) is 6.34. The highest BCUT2D eigenvalue weighted by atomic mass is 16.1. The molecule has 2 rings (SSSR count). The van der Waals surface area contributed by atoms with Crippen molar-refractivity contribution in [1.29, 1.82) is 0 Å². The van der Waals surface area contributed by atoms with Crippen molar-refractivity contribution in [1.82, 2.24) is 10.6 Å². The molecule has 0 saturated carbocycles. The van der Waals surface area contributed by atoms with Crippen molar-refractivity contribution in [2.75, 3.05) is 7.05 Å². The van der Waals surface area contributed by atoms with Crippen molar-refractivity contribution in [2.45, 2.75) is 32.5 Å². The second-order valence-corrected chi connectivity index (χ2v) is 6.81. The first-order valence-corrected chi connectivity index (χ1v) is 9.30. The molecule has 2 aromatic rings. The predicted octanol–water partition coefficient (Wildman–Crippen LogP) is 2.17. The number of amides is 1. The Kier molecular flexibility index (Phi) is 7.94. The van der Waals surface area contributed by atoms with Crippen molar-refractivity contribution in [3.63, 3.8) is 0 Å². The normalized spacial score (nSPS) is 13.6. The number of nitrogens with one attached hydrogen (secondary N) is 2. The Hall–Kier alpha value is -2.94. The van der Waals surface area contributed by atoms with Crippen molar-refractivity contribution in [3.8, 4) is 11.8 Å². The molecule has 0 aliphatic rings. The minimum absolute atomic E-state index is 0.0205. The maximum atomic E-state index is 12.2. The van der Waals surface area contributed by atoms with Crippen molar-refractivity contribution in [3.05, 3.63) is 71.3 Å². The number of ketones is 1. The van der Waals surface area contributed by atoms with Crippen molar-refractivity contribution >= 4 is 11.7 Å². The minimum Gasteiger partial charge on any atom is -0.342 e. The van der Waals surface area contributed by atoms with Gasteiger partial charge in [-0.2, -0.15) is 0 Å². The lowest BCUT2D eigenvalue weighted by Gasteiger charge is -2.22. The molecule has 0 aliphatic heterocycles. The maximum absolute atomic E-state index is 12.2. The van der Waals surface area contributed by atoms with Crippen LogP contribution in [0, 0.1) is 17.8 Å². The molecule has 0 heterocycles. The summed E-state index contributed by atoms with van der Waals surface area (Å²) >= 11 is 0. The van der Waals surface area contributed by atoms with Gasteiger partial charge in [0, 0.05) is 23.4 Å². The van der Waals surface area contributed by atoms with E-state index in [0.717, 1.165) is 16.7 Å². The lowest BCUT2D eigenvalue weighted by Crippen LogP contribution is -2.41. The van der Waals surface area contributed by atoms with Crippen LogP contribution in [0.3, 0.4) is 0 Å². The summed E-state index contributed by atoms with van der Waals surface area (Å²) in [6.45, 7) is 3.38. The lowest BCUT2D eigenvalue weighted by molar-refractivity contribution is -0.122. The molecule has 0 bridgehead atoms. The fourth-order valence-electron chi connectivity index (χ4n) is 3.00.